The van der Waals surface area contributed by atoms with E-state index in [2.05, 4.69) is 72.0 Å². The Kier molecular flexibility index (Phi) is 4.32. The highest BCUT2D eigenvalue weighted by Gasteiger charge is 2.10. The van der Waals surface area contributed by atoms with Gasteiger partial charge in [-0.3, -0.25) is 0 Å². The molecule has 1 N–H and O–H groups in total. The molecular formula is C15H22N4. The molecule has 0 aliphatic rings. The van der Waals surface area contributed by atoms with Crippen LogP contribution in [-0.2, 0) is 6.54 Å². The van der Waals surface area contributed by atoms with Gasteiger partial charge in [0.25, 0.3) is 0 Å². The quantitative estimate of drug-likeness (QED) is 0.896. The predicted octanol–water partition coefficient (Wildman–Crippen LogP) is 3.02. The minimum atomic E-state index is 0.303. The predicted molar refractivity (Wildman–Crippen MR) is 76.8 cm³/mol. The van der Waals surface area contributed by atoms with Crippen molar-refractivity contribution >= 4 is 0 Å². The molecule has 0 amide bonds. The summed E-state index contributed by atoms with van der Waals surface area (Å²) >= 11 is 0. The first-order valence-electron chi connectivity index (χ1n) is 6.76. The van der Waals surface area contributed by atoms with E-state index in [4.69, 9.17) is 0 Å². The van der Waals surface area contributed by atoms with Crippen molar-refractivity contribution in [1.29, 1.82) is 0 Å². The lowest BCUT2D eigenvalue weighted by Gasteiger charge is -2.16. The minimum absolute atomic E-state index is 0.303. The van der Waals surface area contributed by atoms with Gasteiger partial charge in [0.05, 0.1) is 6.54 Å². The molecular weight excluding hydrogens is 236 g/mol. The van der Waals surface area contributed by atoms with Crippen LogP contribution in [0.2, 0.25) is 0 Å². The third-order valence-corrected chi connectivity index (χ3v) is 3.31. The van der Waals surface area contributed by atoms with Crippen molar-refractivity contribution < 1.29 is 0 Å². The summed E-state index contributed by atoms with van der Waals surface area (Å²) in [4.78, 5) is 0. The Bertz CT molecular complexity index is 530. The van der Waals surface area contributed by atoms with Gasteiger partial charge in [-0.2, -0.15) is 0 Å². The van der Waals surface area contributed by atoms with Crippen LogP contribution in [0.5, 0.6) is 0 Å². The van der Waals surface area contributed by atoms with Gasteiger partial charge < -0.3 is 9.88 Å². The fraction of sp³-hybridized carbons (Fsp3) is 0.467. The van der Waals surface area contributed by atoms with E-state index in [1.54, 1.807) is 6.33 Å². The van der Waals surface area contributed by atoms with E-state index >= 15 is 0 Å². The van der Waals surface area contributed by atoms with E-state index in [-0.39, 0.29) is 0 Å². The van der Waals surface area contributed by atoms with Gasteiger partial charge in [-0.25, -0.2) is 0 Å². The summed E-state index contributed by atoms with van der Waals surface area (Å²) in [6.45, 7) is 9.29. The topological polar surface area (TPSA) is 42.7 Å². The zero-order valence-corrected chi connectivity index (χ0v) is 12.1. The molecule has 0 unspecified atom stereocenters. The number of hydrogen-bond donors (Lipinski definition) is 1. The van der Waals surface area contributed by atoms with Crippen molar-refractivity contribution in [3.8, 4) is 0 Å². The van der Waals surface area contributed by atoms with Gasteiger partial charge in [0.2, 0.25) is 0 Å². The molecule has 0 spiro atoms. The highest BCUT2D eigenvalue weighted by molar-refractivity contribution is 5.24. The van der Waals surface area contributed by atoms with Crippen LogP contribution in [0.1, 0.15) is 49.8 Å². The highest BCUT2D eigenvalue weighted by atomic mass is 15.3. The smallest absolute Gasteiger partial charge is 0.147 e. The standard InChI is InChI=1S/C15H22N4/c1-11(2)19-10-17-18-15(19)9-16-13(4)14-7-5-6-12(3)8-14/h5-8,10-11,13,16H,9H2,1-4H3/t13-/m1/s1. The first-order chi connectivity index (χ1) is 9.08. The first-order valence-corrected chi connectivity index (χ1v) is 6.76. The van der Waals surface area contributed by atoms with Gasteiger partial charge in [-0.1, -0.05) is 29.8 Å². The SMILES string of the molecule is Cc1cccc([C@@H](C)NCc2nncn2C(C)C)c1. The maximum Gasteiger partial charge on any atom is 0.147 e. The second-order valence-corrected chi connectivity index (χ2v) is 5.26. The third-order valence-electron chi connectivity index (χ3n) is 3.31. The van der Waals surface area contributed by atoms with E-state index < -0.39 is 0 Å². The number of aromatic nitrogens is 3. The van der Waals surface area contributed by atoms with E-state index in [1.165, 1.54) is 11.1 Å². The van der Waals surface area contributed by atoms with Crippen molar-refractivity contribution in [1.82, 2.24) is 20.1 Å². The normalized spacial score (nSPS) is 12.9. The van der Waals surface area contributed by atoms with Crippen LogP contribution in [0.3, 0.4) is 0 Å². The average molecular weight is 258 g/mol. The highest BCUT2D eigenvalue weighted by Crippen LogP contribution is 2.14. The molecule has 0 saturated heterocycles. The molecule has 0 aliphatic carbocycles. The van der Waals surface area contributed by atoms with Gasteiger partial charge in [0, 0.05) is 12.1 Å². The molecule has 102 valence electrons. The fourth-order valence-electron chi connectivity index (χ4n) is 2.13. The zero-order valence-electron chi connectivity index (χ0n) is 12.1. The Labute approximate surface area is 114 Å². The van der Waals surface area contributed by atoms with Gasteiger partial charge >= 0.3 is 0 Å². The molecule has 1 aromatic heterocycles. The number of rotatable bonds is 5. The summed E-state index contributed by atoms with van der Waals surface area (Å²) in [7, 11) is 0. The molecule has 2 aromatic rings. The zero-order chi connectivity index (χ0) is 13.8. The minimum Gasteiger partial charge on any atom is -0.314 e. The van der Waals surface area contributed by atoms with Crippen LogP contribution in [0, 0.1) is 6.92 Å². The lowest BCUT2D eigenvalue weighted by atomic mass is 10.1. The Morgan fingerprint density at radius 1 is 1.26 bits per heavy atom. The molecule has 0 saturated carbocycles. The summed E-state index contributed by atoms with van der Waals surface area (Å²) in [6, 6.07) is 9.27. The molecule has 1 atom stereocenters. The molecule has 0 bridgehead atoms. The van der Waals surface area contributed by atoms with Crippen molar-refractivity contribution in [3.63, 3.8) is 0 Å². The van der Waals surface area contributed by atoms with Gasteiger partial charge in [-0.15, -0.1) is 10.2 Å². The number of hydrogen-bond acceptors (Lipinski definition) is 3. The van der Waals surface area contributed by atoms with Crippen LogP contribution in [0.4, 0.5) is 0 Å². The number of nitrogens with one attached hydrogen (secondary N) is 1. The largest absolute Gasteiger partial charge is 0.314 e. The van der Waals surface area contributed by atoms with Gasteiger partial charge in [-0.05, 0) is 33.3 Å². The summed E-state index contributed by atoms with van der Waals surface area (Å²) < 4.78 is 2.09. The molecule has 1 heterocycles. The Hall–Kier alpha value is -1.68. The fourth-order valence-corrected chi connectivity index (χ4v) is 2.13. The van der Waals surface area contributed by atoms with Crippen molar-refractivity contribution in [2.24, 2.45) is 0 Å². The summed E-state index contributed by atoms with van der Waals surface area (Å²) in [5, 5.41) is 11.7. The molecule has 4 nitrogen and oxygen atoms in total. The molecule has 1 aromatic carbocycles. The lowest BCUT2D eigenvalue weighted by molar-refractivity contribution is 0.509. The number of aryl methyl sites for hydroxylation is 1. The van der Waals surface area contributed by atoms with Crippen molar-refractivity contribution in [2.75, 3.05) is 0 Å². The average Bonchev–Trinajstić information content (AvgIpc) is 2.84. The van der Waals surface area contributed by atoms with Crippen LogP contribution in [0.15, 0.2) is 30.6 Å². The Morgan fingerprint density at radius 3 is 2.74 bits per heavy atom. The molecule has 2 rings (SSSR count). The van der Waals surface area contributed by atoms with Crippen LogP contribution >= 0.6 is 0 Å². The molecule has 4 heteroatoms. The van der Waals surface area contributed by atoms with Crippen molar-refractivity contribution in [3.05, 3.63) is 47.5 Å². The summed E-state index contributed by atoms with van der Waals surface area (Å²) in [6.07, 6.45) is 1.79. The van der Waals surface area contributed by atoms with E-state index in [0.717, 1.165) is 12.4 Å². The number of nitrogens with zero attached hydrogens (tertiary/aromatic N) is 3. The van der Waals surface area contributed by atoms with E-state index in [1.807, 2.05) is 0 Å². The maximum absolute atomic E-state index is 4.17. The third kappa shape index (κ3) is 3.41. The molecule has 19 heavy (non-hydrogen) atoms. The van der Waals surface area contributed by atoms with Gasteiger partial charge in [0.1, 0.15) is 12.2 Å². The second kappa shape index (κ2) is 5.97. The monoisotopic (exact) mass is 258 g/mol. The Morgan fingerprint density at radius 2 is 2.05 bits per heavy atom. The van der Waals surface area contributed by atoms with Gasteiger partial charge in [0.15, 0.2) is 0 Å². The van der Waals surface area contributed by atoms with E-state index in [9.17, 15) is 0 Å². The first kappa shape index (κ1) is 13.7. The molecule has 0 aliphatic heterocycles. The lowest BCUT2D eigenvalue weighted by Crippen LogP contribution is -2.21. The van der Waals surface area contributed by atoms with Crippen LogP contribution in [-0.4, -0.2) is 14.8 Å². The molecule has 0 fully saturated rings. The number of benzene rings is 1. The van der Waals surface area contributed by atoms with Crippen LogP contribution in [0.25, 0.3) is 0 Å². The second-order valence-electron chi connectivity index (χ2n) is 5.26. The summed E-state index contributed by atoms with van der Waals surface area (Å²) in [5.74, 6) is 0.981. The van der Waals surface area contributed by atoms with Crippen LogP contribution < -0.4 is 5.32 Å². The maximum atomic E-state index is 4.17. The van der Waals surface area contributed by atoms with Crippen molar-refractivity contribution in [2.45, 2.75) is 46.3 Å². The van der Waals surface area contributed by atoms with E-state index in [0.29, 0.717) is 12.1 Å². The molecule has 0 radical (unpaired) electrons. The Balaban J connectivity index is 2.00. The summed E-state index contributed by atoms with van der Waals surface area (Å²) in [5.41, 5.74) is 2.59.